The summed E-state index contributed by atoms with van der Waals surface area (Å²) in [6.45, 7) is 2.28. The van der Waals surface area contributed by atoms with E-state index in [4.69, 9.17) is 0 Å². The van der Waals surface area contributed by atoms with Crippen molar-refractivity contribution in [1.82, 2.24) is 5.32 Å². The number of carbonyl (C=O) groups is 1. The molecule has 0 heterocycles. The van der Waals surface area contributed by atoms with Gasteiger partial charge < -0.3 is 10.6 Å². The summed E-state index contributed by atoms with van der Waals surface area (Å²) in [4.78, 5) is 11.7. The number of nitrogens with one attached hydrogen (secondary N) is 2. The summed E-state index contributed by atoms with van der Waals surface area (Å²) in [6, 6.07) is 11.2. The van der Waals surface area contributed by atoms with Crippen LogP contribution >= 0.6 is 0 Å². The highest BCUT2D eigenvalue weighted by Crippen LogP contribution is 2.30. The van der Waals surface area contributed by atoms with Crippen LogP contribution in [0.15, 0.2) is 42.5 Å². The van der Waals surface area contributed by atoms with E-state index in [-0.39, 0.29) is 17.9 Å². The highest BCUT2D eigenvalue weighted by Gasteiger charge is 2.29. The summed E-state index contributed by atoms with van der Waals surface area (Å²) < 4.78 is 26.5. The third kappa shape index (κ3) is 4.17. The first-order chi connectivity index (χ1) is 11.5. The first kappa shape index (κ1) is 16.6. The van der Waals surface area contributed by atoms with Crippen LogP contribution < -0.4 is 10.6 Å². The Morgan fingerprint density at radius 3 is 2.50 bits per heavy atom. The number of hydrogen-bond donors (Lipinski definition) is 2. The van der Waals surface area contributed by atoms with Crippen molar-refractivity contribution in [2.75, 3.05) is 5.32 Å². The molecule has 2 aromatic carbocycles. The standard InChI is InChI=1S/C19H20F2N2O/c1-12(22-11-15-4-7-16(20)10-18(15)21)13-5-8-17(9-6-13)23-19(24)14-2-3-14/h4-10,12,14,22H,2-3,11H2,1H3,(H,23,24). The van der Waals surface area contributed by atoms with Crippen molar-refractivity contribution in [2.45, 2.75) is 32.4 Å². The molecule has 1 atom stereocenters. The molecule has 0 spiro atoms. The van der Waals surface area contributed by atoms with Crippen LogP contribution in [-0.2, 0) is 11.3 Å². The molecule has 2 aromatic rings. The Morgan fingerprint density at radius 1 is 1.17 bits per heavy atom. The number of rotatable bonds is 6. The summed E-state index contributed by atoms with van der Waals surface area (Å²) >= 11 is 0. The van der Waals surface area contributed by atoms with Gasteiger partial charge in [0.25, 0.3) is 0 Å². The van der Waals surface area contributed by atoms with Gasteiger partial charge in [-0.1, -0.05) is 18.2 Å². The van der Waals surface area contributed by atoms with Crippen LogP contribution in [0.1, 0.15) is 36.9 Å². The molecule has 0 aromatic heterocycles. The third-order valence-corrected chi connectivity index (χ3v) is 4.24. The van der Waals surface area contributed by atoms with Crippen molar-refractivity contribution in [3.8, 4) is 0 Å². The van der Waals surface area contributed by atoms with Crippen molar-refractivity contribution in [3.05, 3.63) is 65.2 Å². The van der Waals surface area contributed by atoms with Crippen molar-refractivity contribution >= 4 is 11.6 Å². The molecule has 5 heteroatoms. The molecule has 1 aliphatic carbocycles. The third-order valence-electron chi connectivity index (χ3n) is 4.24. The normalized spacial score (nSPS) is 15.1. The molecule has 2 N–H and O–H groups in total. The van der Waals surface area contributed by atoms with Gasteiger partial charge in [-0.25, -0.2) is 8.78 Å². The van der Waals surface area contributed by atoms with Gasteiger partial charge in [0.2, 0.25) is 5.91 Å². The van der Waals surface area contributed by atoms with Crippen LogP contribution in [0.4, 0.5) is 14.5 Å². The molecule has 126 valence electrons. The molecule has 0 radical (unpaired) electrons. The highest BCUT2D eigenvalue weighted by molar-refractivity contribution is 5.94. The van der Waals surface area contributed by atoms with E-state index in [1.54, 1.807) is 0 Å². The lowest BCUT2D eigenvalue weighted by molar-refractivity contribution is -0.117. The Balaban J connectivity index is 1.56. The molecular weight excluding hydrogens is 310 g/mol. The van der Waals surface area contributed by atoms with Gasteiger partial charge in [-0.2, -0.15) is 0 Å². The average Bonchev–Trinajstić information content (AvgIpc) is 3.39. The maximum atomic E-state index is 13.6. The molecule has 3 nitrogen and oxygen atoms in total. The van der Waals surface area contributed by atoms with E-state index in [1.165, 1.54) is 12.1 Å². The number of anilines is 1. The van der Waals surface area contributed by atoms with Crippen molar-refractivity contribution in [2.24, 2.45) is 5.92 Å². The predicted octanol–water partition coefficient (Wildman–Crippen LogP) is 4.16. The average molecular weight is 330 g/mol. The van der Waals surface area contributed by atoms with Gasteiger partial charge in [-0.3, -0.25) is 4.79 Å². The Bertz CT molecular complexity index is 727. The SMILES string of the molecule is CC(NCc1ccc(F)cc1F)c1ccc(NC(=O)C2CC2)cc1. The summed E-state index contributed by atoms with van der Waals surface area (Å²) in [5, 5.41) is 6.11. The zero-order valence-electron chi connectivity index (χ0n) is 13.5. The van der Waals surface area contributed by atoms with Gasteiger partial charge in [0.15, 0.2) is 0 Å². The van der Waals surface area contributed by atoms with Gasteiger partial charge in [0, 0.05) is 35.8 Å². The molecule has 1 fully saturated rings. The Kier molecular flexibility index (Phi) is 4.90. The summed E-state index contributed by atoms with van der Waals surface area (Å²) in [6.07, 6.45) is 1.95. The molecule has 0 bridgehead atoms. The van der Waals surface area contributed by atoms with E-state index < -0.39 is 11.6 Å². The van der Waals surface area contributed by atoms with E-state index in [9.17, 15) is 13.6 Å². The minimum absolute atomic E-state index is 0.00244. The Hall–Kier alpha value is -2.27. The molecule has 0 saturated heterocycles. The van der Waals surface area contributed by atoms with Gasteiger partial charge in [0.1, 0.15) is 11.6 Å². The summed E-state index contributed by atoms with van der Waals surface area (Å²) in [5.74, 6) is -0.863. The summed E-state index contributed by atoms with van der Waals surface area (Å²) in [7, 11) is 0. The van der Waals surface area contributed by atoms with Crippen molar-refractivity contribution in [3.63, 3.8) is 0 Å². The quantitative estimate of drug-likeness (QED) is 0.835. The molecule has 1 saturated carbocycles. The number of carbonyl (C=O) groups excluding carboxylic acids is 1. The first-order valence-corrected chi connectivity index (χ1v) is 8.11. The van der Waals surface area contributed by atoms with E-state index >= 15 is 0 Å². The second-order valence-electron chi connectivity index (χ2n) is 6.22. The molecular formula is C19H20F2N2O. The number of halogens is 2. The molecule has 1 aliphatic rings. The molecule has 1 unspecified atom stereocenters. The first-order valence-electron chi connectivity index (χ1n) is 8.11. The monoisotopic (exact) mass is 330 g/mol. The van der Waals surface area contributed by atoms with Gasteiger partial charge >= 0.3 is 0 Å². The van der Waals surface area contributed by atoms with Crippen molar-refractivity contribution in [1.29, 1.82) is 0 Å². The van der Waals surface area contributed by atoms with Crippen molar-refractivity contribution < 1.29 is 13.6 Å². The molecule has 24 heavy (non-hydrogen) atoms. The zero-order chi connectivity index (χ0) is 17.1. The van der Waals surface area contributed by atoms with Gasteiger partial charge in [-0.05, 0) is 43.5 Å². The maximum Gasteiger partial charge on any atom is 0.227 e. The number of benzene rings is 2. The zero-order valence-corrected chi connectivity index (χ0v) is 13.5. The fraction of sp³-hybridized carbons (Fsp3) is 0.316. The molecule has 3 rings (SSSR count). The van der Waals surface area contributed by atoms with E-state index in [2.05, 4.69) is 10.6 Å². The highest BCUT2D eigenvalue weighted by atomic mass is 19.1. The largest absolute Gasteiger partial charge is 0.326 e. The maximum absolute atomic E-state index is 13.6. The van der Waals surface area contributed by atoms with E-state index in [0.29, 0.717) is 12.1 Å². The van der Waals surface area contributed by atoms with E-state index in [1.807, 2.05) is 31.2 Å². The lowest BCUT2D eigenvalue weighted by atomic mass is 10.1. The Morgan fingerprint density at radius 2 is 1.88 bits per heavy atom. The van der Waals surface area contributed by atoms with Gasteiger partial charge in [0.05, 0.1) is 0 Å². The van der Waals surface area contributed by atoms with Gasteiger partial charge in [-0.15, -0.1) is 0 Å². The van der Waals surface area contributed by atoms with E-state index in [0.717, 1.165) is 30.2 Å². The topological polar surface area (TPSA) is 41.1 Å². The summed E-state index contributed by atoms with van der Waals surface area (Å²) in [5.41, 5.74) is 2.24. The van der Waals surface area contributed by atoms with Crippen LogP contribution in [-0.4, -0.2) is 5.91 Å². The smallest absolute Gasteiger partial charge is 0.227 e. The minimum Gasteiger partial charge on any atom is -0.326 e. The van der Waals surface area contributed by atoms with Crippen LogP contribution in [0, 0.1) is 17.6 Å². The minimum atomic E-state index is -0.576. The lowest BCUT2D eigenvalue weighted by Gasteiger charge is -2.15. The van der Waals surface area contributed by atoms with Crippen LogP contribution in [0.3, 0.4) is 0 Å². The van der Waals surface area contributed by atoms with Crippen LogP contribution in [0.2, 0.25) is 0 Å². The molecule has 1 amide bonds. The lowest BCUT2D eigenvalue weighted by Crippen LogP contribution is -2.19. The molecule has 0 aliphatic heterocycles. The van der Waals surface area contributed by atoms with Crippen LogP contribution in [0.5, 0.6) is 0 Å². The number of hydrogen-bond acceptors (Lipinski definition) is 2. The fourth-order valence-corrected chi connectivity index (χ4v) is 2.49. The fourth-order valence-electron chi connectivity index (χ4n) is 2.49. The van der Waals surface area contributed by atoms with Crippen LogP contribution in [0.25, 0.3) is 0 Å². The second-order valence-corrected chi connectivity index (χ2v) is 6.22. The second kappa shape index (κ2) is 7.09. The predicted molar refractivity (Wildman–Crippen MR) is 89.4 cm³/mol. The Labute approximate surface area is 140 Å². The number of amides is 1.